The zero-order chi connectivity index (χ0) is 27.5. The number of carbonyl (C=O) groups is 2. The quantitative estimate of drug-likeness (QED) is 0.201. The normalized spacial score (nSPS) is 23.1. The third kappa shape index (κ3) is 5.70. The molecule has 1 saturated carbocycles. The van der Waals surface area contributed by atoms with E-state index in [9.17, 15) is 9.59 Å². The maximum atomic E-state index is 12.9. The summed E-state index contributed by atoms with van der Waals surface area (Å²) >= 11 is 0. The van der Waals surface area contributed by atoms with Crippen molar-refractivity contribution in [3.8, 4) is 0 Å². The van der Waals surface area contributed by atoms with Gasteiger partial charge in [0, 0.05) is 24.7 Å². The van der Waals surface area contributed by atoms with Gasteiger partial charge in [-0.2, -0.15) is 0 Å². The van der Waals surface area contributed by atoms with Gasteiger partial charge in [-0.3, -0.25) is 9.59 Å². The van der Waals surface area contributed by atoms with Crippen molar-refractivity contribution in [3.63, 3.8) is 0 Å². The van der Waals surface area contributed by atoms with Crippen LogP contribution >= 0.6 is 0 Å². The Hall–Kier alpha value is -3.28. The van der Waals surface area contributed by atoms with Crippen molar-refractivity contribution in [2.24, 2.45) is 11.8 Å². The molecule has 0 unspecified atom stereocenters. The molecule has 4 nitrogen and oxygen atoms in total. The van der Waals surface area contributed by atoms with Crippen LogP contribution in [-0.4, -0.2) is 32.3 Å². The highest BCUT2D eigenvalue weighted by molar-refractivity contribution is 6.99. The van der Waals surface area contributed by atoms with Crippen LogP contribution in [0.5, 0.6) is 0 Å². The Morgan fingerprint density at radius 3 is 2.05 bits per heavy atom. The molecule has 4 atom stereocenters. The smallest absolute Gasteiger partial charge is 0.306 e. The van der Waals surface area contributed by atoms with Crippen molar-refractivity contribution in [3.05, 3.63) is 109 Å². The molecule has 0 N–H and O–H groups in total. The van der Waals surface area contributed by atoms with E-state index in [1.165, 1.54) is 10.4 Å². The minimum Gasteiger partial charge on any atom is -0.462 e. The van der Waals surface area contributed by atoms with Gasteiger partial charge in [0.15, 0.2) is 5.78 Å². The number of esters is 1. The summed E-state index contributed by atoms with van der Waals surface area (Å²) in [4.78, 5) is 25.2. The first-order valence-electron chi connectivity index (χ1n) is 14.0. The number of ketones is 1. The van der Waals surface area contributed by atoms with Crippen molar-refractivity contribution in [2.75, 3.05) is 0 Å². The molecule has 3 aromatic rings. The highest BCUT2D eigenvalue weighted by Crippen LogP contribution is 2.47. The van der Waals surface area contributed by atoms with Crippen LogP contribution in [0, 0.1) is 11.8 Å². The molecule has 0 aromatic heterocycles. The van der Waals surface area contributed by atoms with Crippen molar-refractivity contribution >= 4 is 30.4 Å². The highest BCUT2D eigenvalue weighted by atomic mass is 28.4. The third-order valence-electron chi connectivity index (χ3n) is 8.30. The van der Waals surface area contributed by atoms with Gasteiger partial charge >= 0.3 is 5.97 Å². The molecule has 5 rings (SSSR count). The maximum absolute atomic E-state index is 12.9. The molecule has 2 fully saturated rings. The second kappa shape index (κ2) is 11.4. The van der Waals surface area contributed by atoms with Crippen LogP contribution in [0.3, 0.4) is 0 Å². The number of hydrogen-bond acceptors (Lipinski definition) is 4. The first kappa shape index (κ1) is 27.3. The lowest BCUT2D eigenvalue weighted by Gasteiger charge is -2.45. The number of fused-ring (bicyclic) bond motifs is 1. The summed E-state index contributed by atoms with van der Waals surface area (Å²) in [6, 6.07) is 31.3. The van der Waals surface area contributed by atoms with Crippen molar-refractivity contribution in [1.82, 2.24) is 0 Å². The zero-order valence-electron chi connectivity index (χ0n) is 23.1. The van der Waals surface area contributed by atoms with Crippen LogP contribution in [0.4, 0.5) is 0 Å². The lowest BCUT2D eigenvalue weighted by Crippen LogP contribution is -2.68. The summed E-state index contributed by atoms with van der Waals surface area (Å²) in [5.41, 5.74) is 1.16. The van der Waals surface area contributed by atoms with Gasteiger partial charge in [0.2, 0.25) is 0 Å². The van der Waals surface area contributed by atoms with Crippen LogP contribution in [0.1, 0.15) is 45.6 Å². The van der Waals surface area contributed by atoms with Gasteiger partial charge in [-0.05, 0) is 33.5 Å². The van der Waals surface area contributed by atoms with E-state index in [4.69, 9.17) is 9.16 Å². The Morgan fingerprint density at radius 1 is 0.923 bits per heavy atom. The molecule has 3 aromatic carbocycles. The van der Waals surface area contributed by atoms with E-state index in [1.807, 2.05) is 48.5 Å². The van der Waals surface area contributed by atoms with E-state index in [2.05, 4.69) is 69.3 Å². The average Bonchev–Trinajstić information content (AvgIpc) is 3.45. The van der Waals surface area contributed by atoms with E-state index >= 15 is 0 Å². The Balaban J connectivity index is 1.47. The molecule has 2 aliphatic rings. The number of rotatable bonds is 9. The van der Waals surface area contributed by atoms with E-state index in [0.29, 0.717) is 25.7 Å². The van der Waals surface area contributed by atoms with E-state index in [-0.39, 0.29) is 40.8 Å². The molecular formula is C34H38O4Si. The molecule has 39 heavy (non-hydrogen) atoms. The molecule has 5 heteroatoms. The van der Waals surface area contributed by atoms with Crippen LogP contribution in [-0.2, 0) is 25.2 Å². The summed E-state index contributed by atoms with van der Waals surface area (Å²) in [6.45, 7) is 6.81. The molecule has 202 valence electrons. The fourth-order valence-electron chi connectivity index (χ4n) is 6.42. The molecule has 1 aliphatic carbocycles. The van der Waals surface area contributed by atoms with Crippen LogP contribution in [0.15, 0.2) is 103 Å². The molecule has 0 amide bonds. The molecule has 0 bridgehead atoms. The van der Waals surface area contributed by atoms with Gasteiger partial charge < -0.3 is 9.16 Å². The summed E-state index contributed by atoms with van der Waals surface area (Å²) < 4.78 is 13.2. The van der Waals surface area contributed by atoms with Crippen LogP contribution in [0.2, 0.25) is 5.04 Å². The first-order valence-corrected chi connectivity index (χ1v) is 15.9. The summed E-state index contributed by atoms with van der Waals surface area (Å²) in [6.07, 6.45) is 5.60. The third-order valence-corrected chi connectivity index (χ3v) is 13.4. The maximum Gasteiger partial charge on any atom is 0.306 e. The summed E-state index contributed by atoms with van der Waals surface area (Å²) in [5.74, 6) is -0.0953. The molecule has 1 heterocycles. The van der Waals surface area contributed by atoms with E-state index in [0.717, 1.165) is 5.56 Å². The predicted molar refractivity (Wildman–Crippen MR) is 157 cm³/mol. The van der Waals surface area contributed by atoms with Gasteiger partial charge in [0.05, 0.1) is 12.5 Å². The van der Waals surface area contributed by atoms with Gasteiger partial charge in [-0.25, -0.2) is 0 Å². The summed E-state index contributed by atoms with van der Waals surface area (Å²) in [7, 11) is -2.80. The number of allylic oxidation sites excluding steroid dienone is 1. The van der Waals surface area contributed by atoms with Crippen molar-refractivity contribution in [1.29, 1.82) is 0 Å². The SMILES string of the molecule is CC(C)(C)[Si](O[C@@H]1C[C@@H]2OC(=O)C[C@@H]2[C@H]1/C=C/C(=O)CCc1ccccc1)(c1ccccc1)c1ccccc1. The number of ether oxygens (including phenoxy) is 1. The second-order valence-corrected chi connectivity index (χ2v) is 16.1. The minimum atomic E-state index is -2.80. The Morgan fingerprint density at radius 2 is 1.49 bits per heavy atom. The van der Waals surface area contributed by atoms with Crippen molar-refractivity contribution < 1.29 is 18.8 Å². The Kier molecular flexibility index (Phi) is 8.01. The first-order chi connectivity index (χ1) is 18.8. The minimum absolute atomic E-state index is 0.0267. The standard InChI is InChI=1S/C34H38O4Si/c1-34(2,3)39(27-15-9-5-10-16-27,28-17-11-6-12-18-28)38-32-24-31-30(23-33(36)37-31)29(32)22-21-26(35)20-19-25-13-7-4-8-14-25/h4-18,21-22,29-32H,19-20,23-24H2,1-3H3/b22-21+/t29-,30-,31+,32-/m1/s1. The topological polar surface area (TPSA) is 52.6 Å². The van der Waals surface area contributed by atoms with E-state index in [1.54, 1.807) is 6.08 Å². The molecule has 0 spiro atoms. The second-order valence-electron chi connectivity index (χ2n) is 11.8. The lowest BCUT2D eigenvalue weighted by atomic mass is 9.91. The van der Waals surface area contributed by atoms with Gasteiger partial charge in [-0.15, -0.1) is 0 Å². The van der Waals surface area contributed by atoms with E-state index < -0.39 is 8.32 Å². The Bertz CT molecular complexity index is 1260. The fourth-order valence-corrected chi connectivity index (χ4v) is 11.1. The van der Waals surface area contributed by atoms with Gasteiger partial charge in [0.1, 0.15) is 6.10 Å². The average molecular weight is 539 g/mol. The number of hydrogen-bond donors (Lipinski definition) is 0. The Labute approximate surface area is 233 Å². The molecule has 0 radical (unpaired) electrons. The predicted octanol–water partition coefficient (Wildman–Crippen LogP) is 5.64. The van der Waals surface area contributed by atoms with Gasteiger partial charge in [-0.1, -0.05) is 118 Å². The van der Waals surface area contributed by atoms with Crippen molar-refractivity contribution in [2.45, 2.75) is 63.7 Å². The monoisotopic (exact) mass is 538 g/mol. The molecular weight excluding hydrogens is 500 g/mol. The number of carbonyl (C=O) groups excluding carboxylic acids is 2. The molecule has 1 aliphatic heterocycles. The summed E-state index contributed by atoms with van der Waals surface area (Å²) in [5, 5.41) is 2.28. The molecule has 1 saturated heterocycles. The van der Waals surface area contributed by atoms with Crippen LogP contribution in [0.25, 0.3) is 0 Å². The number of benzene rings is 3. The van der Waals surface area contributed by atoms with Crippen LogP contribution < -0.4 is 10.4 Å². The highest BCUT2D eigenvalue weighted by Gasteiger charge is 2.56. The lowest BCUT2D eigenvalue weighted by molar-refractivity contribution is -0.141. The largest absolute Gasteiger partial charge is 0.462 e. The zero-order valence-corrected chi connectivity index (χ0v) is 24.1. The number of aryl methyl sites for hydroxylation is 1. The fraction of sp³-hybridized carbons (Fsp3) is 0.353. The van der Waals surface area contributed by atoms with Gasteiger partial charge in [0.25, 0.3) is 8.32 Å².